The minimum absolute atomic E-state index is 0.0623. The van der Waals surface area contributed by atoms with Crippen LogP contribution in [-0.4, -0.2) is 34.0 Å². The molecule has 0 amide bonds. The Hall–Kier alpha value is -1.61. The van der Waals surface area contributed by atoms with Gasteiger partial charge in [-0.15, -0.1) is 9.24 Å². The van der Waals surface area contributed by atoms with E-state index in [2.05, 4.69) is 87.2 Å². The lowest BCUT2D eigenvalue weighted by Crippen LogP contribution is -2.19. The average molecular weight is 447 g/mol. The highest BCUT2D eigenvalue weighted by molar-refractivity contribution is 7.16. The first kappa shape index (κ1) is 25.6. The molecule has 4 nitrogen and oxygen atoms in total. The Morgan fingerprint density at radius 3 is 1.39 bits per heavy atom. The molecule has 2 rings (SSSR count). The highest BCUT2D eigenvalue weighted by atomic mass is 31.0. The monoisotopic (exact) mass is 446 g/mol. The molecule has 0 fully saturated rings. The third-order valence-corrected chi connectivity index (χ3v) is 5.81. The van der Waals surface area contributed by atoms with E-state index in [9.17, 15) is 0 Å². The molecule has 0 aliphatic carbocycles. The summed E-state index contributed by atoms with van der Waals surface area (Å²) in [5, 5.41) is 0. The molecule has 0 saturated heterocycles. The van der Waals surface area contributed by atoms with Crippen LogP contribution in [-0.2, 0) is 20.3 Å². The molecule has 2 aromatic carbocycles. The second kappa shape index (κ2) is 10.8. The SMILES string of the molecule is COCOc1c(C(CP)c2cccc(C(C)(C)C)c2OCOC)cccc1C(C)(C)C. The van der Waals surface area contributed by atoms with E-state index in [1.54, 1.807) is 14.2 Å². The van der Waals surface area contributed by atoms with Crippen molar-refractivity contribution in [3.8, 4) is 11.5 Å². The van der Waals surface area contributed by atoms with Gasteiger partial charge in [0, 0.05) is 31.3 Å². The van der Waals surface area contributed by atoms with Crippen LogP contribution < -0.4 is 9.47 Å². The predicted octanol–water partition coefficient (Wildman–Crippen LogP) is 6.25. The molecule has 0 saturated carbocycles. The number of para-hydroxylation sites is 2. The van der Waals surface area contributed by atoms with E-state index in [-0.39, 0.29) is 30.3 Å². The molecular weight excluding hydrogens is 407 g/mol. The number of methoxy groups -OCH3 is 2. The fourth-order valence-corrected chi connectivity index (χ4v) is 4.33. The summed E-state index contributed by atoms with van der Waals surface area (Å²) in [6.07, 6.45) is 0.827. The quantitative estimate of drug-likeness (QED) is 0.337. The summed E-state index contributed by atoms with van der Waals surface area (Å²) in [6, 6.07) is 12.8. The Labute approximate surface area is 190 Å². The maximum Gasteiger partial charge on any atom is 0.188 e. The van der Waals surface area contributed by atoms with E-state index in [4.69, 9.17) is 18.9 Å². The molecule has 0 aliphatic heterocycles. The maximum atomic E-state index is 6.17. The lowest BCUT2D eigenvalue weighted by Gasteiger charge is -2.30. The second-order valence-corrected chi connectivity index (χ2v) is 10.3. The number of ether oxygens (including phenoxy) is 4. The van der Waals surface area contributed by atoms with Crippen LogP contribution in [0.5, 0.6) is 11.5 Å². The van der Waals surface area contributed by atoms with Crippen molar-refractivity contribution >= 4 is 9.24 Å². The molecule has 2 aromatic rings. The molecule has 0 aliphatic rings. The van der Waals surface area contributed by atoms with Crippen molar-refractivity contribution in [2.45, 2.75) is 58.3 Å². The smallest absolute Gasteiger partial charge is 0.188 e. The minimum Gasteiger partial charge on any atom is -0.467 e. The summed E-state index contributed by atoms with van der Waals surface area (Å²) in [6.45, 7) is 13.6. The Kier molecular flexibility index (Phi) is 8.94. The van der Waals surface area contributed by atoms with E-state index in [1.165, 1.54) is 0 Å². The van der Waals surface area contributed by atoms with E-state index in [0.717, 1.165) is 39.9 Å². The molecular formula is C26H39O4P. The van der Waals surface area contributed by atoms with E-state index < -0.39 is 0 Å². The van der Waals surface area contributed by atoms with Gasteiger partial charge in [-0.3, -0.25) is 0 Å². The molecule has 31 heavy (non-hydrogen) atoms. The van der Waals surface area contributed by atoms with Gasteiger partial charge < -0.3 is 18.9 Å². The molecule has 5 heteroatoms. The topological polar surface area (TPSA) is 36.9 Å². The molecule has 172 valence electrons. The van der Waals surface area contributed by atoms with Gasteiger partial charge in [0.2, 0.25) is 0 Å². The summed E-state index contributed by atoms with van der Waals surface area (Å²) in [5.41, 5.74) is 4.47. The first-order valence-corrected chi connectivity index (χ1v) is 11.6. The van der Waals surface area contributed by atoms with Crippen molar-refractivity contribution < 1.29 is 18.9 Å². The second-order valence-electron chi connectivity index (χ2n) is 9.84. The Bertz CT molecular complexity index is 780. The lowest BCUT2D eigenvalue weighted by atomic mass is 9.80. The zero-order chi connectivity index (χ0) is 23.2. The van der Waals surface area contributed by atoms with Gasteiger partial charge in [0.05, 0.1) is 0 Å². The summed E-state index contributed by atoms with van der Waals surface area (Å²) in [7, 11) is 6.20. The lowest BCUT2D eigenvalue weighted by molar-refractivity contribution is 0.0481. The van der Waals surface area contributed by atoms with Gasteiger partial charge in [-0.2, -0.15) is 0 Å². The Morgan fingerprint density at radius 2 is 1.10 bits per heavy atom. The van der Waals surface area contributed by atoms with Crippen LogP contribution >= 0.6 is 9.24 Å². The van der Waals surface area contributed by atoms with Gasteiger partial charge in [0.1, 0.15) is 11.5 Å². The van der Waals surface area contributed by atoms with Crippen molar-refractivity contribution in [1.82, 2.24) is 0 Å². The average Bonchev–Trinajstić information content (AvgIpc) is 2.70. The minimum atomic E-state index is -0.0623. The van der Waals surface area contributed by atoms with Gasteiger partial charge in [0.15, 0.2) is 13.6 Å². The van der Waals surface area contributed by atoms with Gasteiger partial charge in [0.25, 0.3) is 0 Å². The van der Waals surface area contributed by atoms with E-state index in [1.807, 2.05) is 0 Å². The fourth-order valence-electron chi connectivity index (χ4n) is 3.82. The van der Waals surface area contributed by atoms with Crippen molar-refractivity contribution in [3.63, 3.8) is 0 Å². The van der Waals surface area contributed by atoms with Crippen molar-refractivity contribution in [1.29, 1.82) is 0 Å². The van der Waals surface area contributed by atoms with E-state index in [0.29, 0.717) is 0 Å². The molecule has 0 aromatic heterocycles. The van der Waals surface area contributed by atoms with Crippen molar-refractivity contribution in [3.05, 3.63) is 58.7 Å². The number of hydrogen-bond donors (Lipinski definition) is 0. The van der Waals surface area contributed by atoms with Crippen LogP contribution in [0.1, 0.15) is 69.7 Å². The highest BCUT2D eigenvalue weighted by Crippen LogP contribution is 2.45. The number of rotatable bonds is 9. The standard InChI is InChI=1S/C26H39O4P/c1-25(2,3)21-13-9-11-18(23(21)29-16-27-7)20(15-31)19-12-10-14-22(26(4,5)6)24(19)30-17-28-8/h9-14,20H,15-17,31H2,1-8H3. The van der Waals surface area contributed by atoms with Crippen LogP contribution in [0, 0.1) is 0 Å². The summed E-state index contributed by atoms with van der Waals surface area (Å²) >= 11 is 0. The van der Waals surface area contributed by atoms with Crippen LogP contribution in [0.4, 0.5) is 0 Å². The molecule has 0 heterocycles. The van der Waals surface area contributed by atoms with Crippen LogP contribution in [0.15, 0.2) is 36.4 Å². The molecule has 1 unspecified atom stereocenters. The summed E-state index contributed by atoms with van der Waals surface area (Å²) in [4.78, 5) is 0. The first-order chi connectivity index (χ1) is 14.6. The molecule has 0 bridgehead atoms. The van der Waals surface area contributed by atoms with Gasteiger partial charge >= 0.3 is 0 Å². The third kappa shape index (κ3) is 6.22. The zero-order valence-electron chi connectivity index (χ0n) is 20.4. The molecule has 0 N–H and O–H groups in total. The van der Waals surface area contributed by atoms with Gasteiger partial charge in [-0.05, 0) is 28.1 Å². The number of benzene rings is 2. The highest BCUT2D eigenvalue weighted by Gasteiger charge is 2.29. The Balaban J connectivity index is 2.74. The van der Waals surface area contributed by atoms with Crippen LogP contribution in [0.3, 0.4) is 0 Å². The van der Waals surface area contributed by atoms with Crippen molar-refractivity contribution in [2.24, 2.45) is 0 Å². The number of hydrogen-bond acceptors (Lipinski definition) is 4. The van der Waals surface area contributed by atoms with Crippen LogP contribution in [0.2, 0.25) is 0 Å². The first-order valence-electron chi connectivity index (χ1n) is 10.8. The predicted molar refractivity (Wildman–Crippen MR) is 132 cm³/mol. The summed E-state index contributed by atoms with van der Waals surface area (Å²) in [5.74, 6) is 1.86. The van der Waals surface area contributed by atoms with Gasteiger partial charge in [-0.25, -0.2) is 0 Å². The molecule has 0 spiro atoms. The van der Waals surface area contributed by atoms with Crippen molar-refractivity contribution in [2.75, 3.05) is 34.0 Å². The summed E-state index contributed by atoms with van der Waals surface area (Å²) < 4.78 is 22.9. The normalized spacial score (nSPS) is 12.3. The molecule has 1 atom stereocenters. The maximum absolute atomic E-state index is 6.17. The van der Waals surface area contributed by atoms with Gasteiger partial charge in [-0.1, -0.05) is 77.9 Å². The molecule has 0 radical (unpaired) electrons. The Morgan fingerprint density at radius 1 is 0.710 bits per heavy atom. The van der Waals surface area contributed by atoms with Crippen LogP contribution in [0.25, 0.3) is 0 Å². The van der Waals surface area contributed by atoms with E-state index >= 15 is 0 Å². The third-order valence-electron chi connectivity index (χ3n) is 5.34. The zero-order valence-corrected chi connectivity index (χ0v) is 21.5. The largest absolute Gasteiger partial charge is 0.467 e. The fraction of sp³-hybridized carbons (Fsp3) is 0.538.